The van der Waals surface area contributed by atoms with Gasteiger partial charge in [-0.3, -0.25) is 0 Å². The van der Waals surface area contributed by atoms with Crippen molar-refractivity contribution in [2.45, 2.75) is 71.1 Å². The van der Waals surface area contributed by atoms with Gasteiger partial charge in [-0.2, -0.15) is 5.26 Å². The number of nitriles is 1. The molecule has 178 valence electrons. The van der Waals surface area contributed by atoms with Crippen molar-refractivity contribution < 1.29 is 9.90 Å². The number of unbranched alkanes of at least 4 members (excludes halogenated alkanes) is 7. The predicted octanol–water partition coefficient (Wildman–Crippen LogP) is 7.61. The van der Waals surface area contributed by atoms with Crippen LogP contribution in [0.5, 0.6) is 0 Å². The second kappa shape index (κ2) is 13.4. The quantitative estimate of drug-likeness (QED) is 0.154. The van der Waals surface area contributed by atoms with Gasteiger partial charge in [0.25, 0.3) is 0 Å². The highest BCUT2D eigenvalue weighted by atomic mass is 16.4. The van der Waals surface area contributed by atoms with E-state index in [2.05, 4.69) is 54.3 Å². The number of aryl methyl sites for hydroxylation is 2. The van der Waals surface area contributed by atoms with Crippen LogP contribution in [0.25, 0.3) is 6.08 Å². The third kappa shape index (κ3) is 7.09. The summed E-state index contributed by atoms with van der Waals surface area (Å²) in [5.74, 6) is -1.21. The highest BCUT2D eigenvalue weighted by Crippen LogP contribution is 2.37. The Hall–Kier alpha value is -3.32. The molecule has 1 heterocycles. The summed E-state index contributed by atoms with van der Waals surface area (Å²) in [7, 11) is 0. The van der Waals surface area contributed by atoms with Crippen molar-refractivity contribution in [3.8, 4) is 6.07 Å². The fourth-order valence-corrected chi connectivity index (χ4v) is 4.61. The highest BCUT2D eigenvalue weighted by molar-refractivity contribution is 5.91. The van der Waals surface area contributed by atoms with E-state index >= 15 is 0 Å². The van der Waals surface area contributed by atoms with E-state index in [4.69, 9.17) is 10.4 Å². The standard InChI is InChI=1S/C30H36N2O2/c1-2-3-4-5-6-7-8-11-21-32-28-16-10-9-14-25(28)18-19-26-22-24(17-20-29(26)32)13-12-15-27(23-31)30(33)34/h9-10,12-17,20,22H,2-8,11,18-19,21H2,1H3,(H,33,34)/b13-12+,27-15+. The number of nitrogens with zero attached hydrogens (tertiary/aromatic N) is 2. The molecule has 0 aliphatic carbocycles. The molecule has 34 heavy (non-hydrogen) atoms. The van der Waals surface area contributed by atoms with Crippen LogP contribution >= 0.6 is 0 Å². The van der Waals surface area contributed by atoms with E-state index in [1.165, 1.54) is 79.9 Å². The molecule has 0 unspecified atom stereocenters. The number of anilines is 2. The molecule has 4 nitrogen and oxygen atoms in total. The van der Waals surface area contributed by atoms with E-state index in [1.807, 2.05) is 6.08 Å². The van der Waals surface area contributed by atoms with Gasteiger partial charge in [0.05, 0.1) is 0 Å². The maximum absolute atomic E-state index is 11.0. The smallest absolute Gasteiger partial charge is 0.346 e. The maximum atomic E-state index is 11.0. The molecule has 2 aromatic rings. The number of carbonyl (C=O) groups is 1. The zero-order chi connectivity index (χ0) is 24.2. The Morgan fingerprint density at radius 1 is 0.971 bits per heavy atom. The number of aliphatic carboxylic acids is 1. The predicted molar refractivity (Wildman–Crippen MR) is 140 cm³/mol. The average molecular weight is 457 g/mol. The number of hydrogen-bond donors (Lipinski definition) is 1. The minimum Gasteiger partial charge on any atom is -0.477 e. The van der Waals surface area contributed by atoms with Gasteiger partial charge in [0.2, 0.25) is 0 Å². The summed E-state index contributed by atoms with van der Waals surface area (Å²) >= 11 is 0. The van der Waals surface area contributed by atoms with Crippen LogP contribution in [0, 0.1) is 11.3 Å². The number of fused-ring (bicyclic) bond motifs is 2. The molecule has 0 bridgehead atoms. The molecule has 1 aliphatic heterocycles. The second-order valence-corrected chi connectivity index (χ2v) is 9.00. The Bertz CT molecular complexity index is 1060. The molecule has 0 aromatic heterocycles. The van der Waals surface area contributed by atoms with Crippen LogP contribution in [0.2, 0.25) is 0 Å². The van der Waals surface area contributed by atoms with Gasteiger partial charge < -0.3 is 10.0 Å². The van der Waals surface area contributed by atoms with Crippen molar-refractivity contribution in [1.82, 2.24) is 0 Å². The molecule has 0 saturated carbocycles. The minimum atomic E-state index is -1.21. The third-order valence-electron chi connectivity index (χ3n) is 6.48. The van der Waals surface area contributed by atoms with Gasteiger partial charge in [-0.25, -0.2) is 4.79 Å². The van der Waals surface area contributed by atoms with Gasteiger partial charge in [-0.1, -0.05) is 88.3 Å². The zero-order valence-corrected chi connectivity index (χ0v) is 20.3. The summed E-state index contributed by atoms with van der Waals surface area (Å²) in [6.45, 7) is 3.28. The molecule has 0 amide bonds. The summed E-state index contributed by atoms with van der Waals surface area (Å²) in [6.07, 6.45) is 17.3. The van der Waals surface area contributed by atoms with Crippen LogP contribution in [0.3, 0.4) is 0 Å². The number of allylic oxidation sites excluding steroid dienone is 2. The topological polar surface area (TPSA) is 64.3 Å². The molecule has 0 spiro atoms. The Morgan fingerprint density at radius 3 is 2.38 bits per heavy atom. The van der Waals surface area contributed by atoms with Gasteiger partial charge in [-0.05, 0) is 60.2 Å². The van der Waals surface area contributed by atoms with Crippen LogP contribution in [-0.2, 0) is 17.6 Å². The zero-order valence-electron chi connectivity index (χ0n) is 20.3. The largest absolute Gasteiger partial charge is 0.477 e. The maximum Gasteiger partial charge on any atom is 0.346 e. The molecule has 3 rings (SSSR count). The second-order valence-electron chi connectivity index (χ2n) is 9.00. The fraction of sp³-hybridized carbons (Fsp3) is 0.400. The Kier molecular flexibility index (Phi) is 9.98. The summed E-state index contributed by atoms with van der Waals surface area (Å²) in [5, 5.41) is 17.9. The van der Waals surface area contributed by atoms with E-state index in [0.29, 0.717) is 0 Å². The molecular formula is C30H36N2O2. The van der Waals surface area contributed by atoms with Gasteiger partial charge in [0.15, 0.2) is 0 Å². The van der Waals surface area contributed by atoms with Crippen LogP contribution in [0.4, 0.5) is 11.4 Å². The molecule has 2 aromatic carbocycles. The SMILES string of the molecule is CCCCCCCCCCN1c2ccccc2CCc2cc(/C=C/C=C(\C#N)C(=O)O)ccc21. The van der Waals surface area contributed by atoms with Crippen molar-refractivity contribution in [2.24, 2.45) is 0 Å². The molecule has 0 atom stereocenters. The summed E-state index contributed by atoms with van der Waals surface area (Å²) in [5.41, 5.74) is 6.02. The fourth-order valence-electron chi connectivity index (χ4n) is 4.61. The first kappa shape index (κ1) is 25.3. The summed E-state index contributed by atoms with van der Waals surface area (Å²) in [4.78, 5) is 13.5. The Morgan fingerprint density at radius 2 is 1.65 bits per heavy atom. The highest BCUT2D eigenvalue weighted by Gasteiger charge is 2.20. The lowest BCUT2D eigenvalue weighted by molar-refractivity contribution is -0.132. The van der Waals surface area contributed by atoms with Crippen molar-refractivity contribution in [2.75, 3.05) is 11.4 Å². The van der Waals surface area contributed by atoms with Crippen molar-refractivity contribution >= 4 is 23.4 Å². The lowest BCUT2D eigenvalue weighted by atomic mass is 10.0. The van der Waals surface area contributed by atoms with Crippen LogP contribution < -0.4 is 4.90 Å². The van der Waals surface area contributed by atoms with Crippen LogP contribution in [-0.4, -0.2) is 17.6 Å². The lowest BCUT2D eigenvalue weighted by Gasteiger charge is -2.27. The molecular weight excluding hydrogens is 420 g/mol. The molecule has 0 saturated heterocycles. The number of benzene rings is 2. The number of hydrogen-bond acceptors (Lipinski definition) is 3. The van der Waals surface area contributed by atoms with Crippen LogP contribution in [0.15, 0.2) is 60.2 Å². The van der Waals surface area contributed by atoms with Crippen molar-refractivity contribution in [3.63, 3.8) is 0 Å². The van der Waals surface area contributed by atoms with E-state index in [1.54, 1.807) is 12.1 Å². The van der Waals surface area contributed by atoms with E-state index < -0.39 is 5.97 Å². The first-order valence-electron chi connectivity index (χ1n) is 12.6. The number of carboxylic acid groups (broad SMARTS) is 1. The molecule has 0 fully saturated rings. The van der Waals surface area contributed by atoms with Gasteiger partial charge >= 0.3 is 5.97 Å². The molecule has 1 aliphatic rings. The monoisotopic (exact) mass is 456 g/mol. The molecule has 1 N–H and O–H groups in total. The number of rotatable bonds is 12. The lowest BCUT2D eigenvalue weighted by Crippen LogP contribution is -2.19. The van der Waals surface area contributed by atoms with E-state index in [0.717, 1.165) is 24.9 Å². The minimum absolute atomic E-state index is 0.266. The normalized spacial score (nSPS) is 13.3. The Labute approximate surface area is 204 Å². The van der Waals surface area contributed by atoms with Gasteiger partial charge in [0, 0.05) is 17.9 Å². The van der Waals surface area contributed by atoms with E-state index in [9.17, 15) is 4.79 Å². The third-order valence-corrected chi connectivity index (χ3v) is 6.48. The van der Waals surface area contributed by atoms with Crippen molar-refractivity contribution in [1.29, 1.82) is 5.26 Å². The first-order chi connectivity index (χ1) is 16.6. The summed E-state index contributed by atoms with van der Waals surface area (Å²) in [6, 6.07) is 16.9. The number of para-hydroxylation sites is 1. The van der Waals surface area contributed by atoms with Crippen molar-refractivity contribution in [3.05, 3.63) is 76.9 Å². The summed E-state index contributed by atoms with van der Waals surface area (Å²) < 4.78 is 0. The molecule has 0 radical (unpaired) electrons. The van der Waals surface area contributed by atoms with E-state index in [-0.39, 0.29) is 5.57 Å². The van der Waals surface area contributed by atoms with Gasteiger partial charge in [0.1, 0.15) is 11.6 Å². The Balaban J connectivity index is 1.73. The number of carboxylic acids is 1. The van der Waals surface area contributed by atoms with Crippen LogP contribution in [0.1, 0.15) is 75.0 Å². The average Bonchev–Trinajstić information content (AvgIpc) is 3.00. The first-order valence-corrected chi connectivity index (χ1v) is 12.6. The van der Waals surface area contributed by atoms with Gasteiger partial charge in [-0.15, -0.1) is 0 Å². The molecule has 4 heteroatoms.